The van der Waals surface area contributed by atoms with E-state index >= 15 is 0 Å². The molecule has 3 amide bonds. The van der Waals surface area contributed by atoms with Gasteiger partial charge in [-0.05, 0) is 82.8 Å². The number of guanidine groups is 1. The highest BCUT2D eigenvalue weighted by Gasteiger charge is 2.43. The van der Waals surface area contributed by atoms with E-state index in [9.17, 15) is 9.59 Å². The van der Waals surface area contributed by atoms with Gasteiger partial charge in [0.25, 0.3) is 5.91 Å². The summed E-state index contributed by atoms with van der Waals surface area (Å²) in [5, 5.41) is 6.12. The number of nitrogens with zero attached hydrogens (tertiary/aromatic N) is 2. The molecule has 1 atom stereocenters. The minimum absolute atomic E-state index is 0.128. The second kappa shape index (κ2) is 9.70. The summed E-state index contributed by atoms with van der Waals surface area (Å²) in [6.45, 7) is 2.21. The van der Waals surface area contributed by atoms with Crippen molar-refractivity contribution in [1.82, 2.24) is 15.5 Å². The topological polar surface area (TPSA) is 99.8 Å². The third-order valence-electron chi connectivity index (χ3n) is 6.59. The fraction of sp³-hybridized carbons (Fsp3) is 0.400. The maximum absolute atomic E-state index is 12.8. The molecular weight excluding hydrogens is 529 g/mol. The van der Waals surface area contributed by atoms with Crippen LogP contribution >= 0.6 is 22.6 Å². The van der Waals surface area contributed by atoms with E-state index in [1.54, 1.807) is 14.0 Å². The number of hydrogen-bond donors (Lipinski definition) is 3. The van der Waals surface area contributed by atoms with Crippen LogP contribution in [0, 0.1) is 3.57 Å². The Hall–Kier alpha value is -2.62. The van der Waals surface area contributed by atoms with Crippen molar-refractivity contribution >= 4 is 40.5 Å². The van der Waals surface area contributed by atoms with Gasteiger partial charge in [0.1, 0.15) is 0 Å². The van der Waals surface area contributed by atoms with Crippen molar-refractivity contribution in [3.63, 3.8) is 0 Å². The van der Waals surface area contributed by atoms with E-state index in [2.05, 4.69) is 44.3 Å². The molecule has 2 aromatic carbocycles. The van der Waals surface area contributed by atoms with E-state index in [0.717, 1.165) is 38.7 Å². The van der Waals surface area contributed by atoms with Gasteiger partial charge in [0.05, 0.1) is 0 Å². The Morgan fingerprint density at radius 1 is 1.21 bits per heavy atom. The molecule has 0 bridgehead atoms. The summed E-state index contributed by atoms with van der Waals surface area (Å²) in [5.74, 6) is 0.0668. The zero-order valence-electron chi connectivity index (χ0n) is 19.0. The number of carbonyl (C=O) groups is 2. The smallest absolute Gasteiger partial charge is 0.315 e. The van der Waals surface area contributed by atoms with Crippen LogP contribution in [0.1, 0.15) is 50.2 Å². The number of hydrogen-bond acceptors (Lipinski definition) is 4. The van der Waals surface area contributed by atoms with Gasteiger partial charge in [-0.3, -0.25) is 9.69 Å². The highest BCUT2D eigenvalue weighted by Crippen LogP contribution is 2.35. The van der Waals surface area contributed by atoms with Crippen molar-refractivity contribution in [1.29, 1.82) is 0 Å². The molecule has 2 aliphatic rings. The molecule has 0 radical (unpaired) electrons. The number of carbonyl (C=O) groups excluding carboxylic acids is 2. The van der Waals surface area contributed by atoms with Crippen molar-refractivity contribution < 1.29 is 9.59 Å². The summed E-state index contributed by atoms with van der Waals surface area (Å²) in [5.41, 5.74) is 8.64. The van der Waals surface area contributed by atoms with Gasteiger partial charge in [-0.2, -0.15) is 0 Å². The highest BCUT2D eigenvalue weighted by molar-refractivity contribution is 14.1. The van der Waals surface area contributed by atoms with Crippen LogP contribution in [0.2, 0.25) is 0 Å². The van der Waals surface area contributed by atoms with E-state index in [0.29, 0.717) is 6.54 Å². The number of nitrogens with two attached hydrogens (primary N) is 1. The van der Waals surface area contributed by atoms with Crippen LogP contribution in [0.25, 0.3) is 11.1 Å². The van der Waals surface area contributed by atoms with Gasteiger partial charge in [-0.25, -0.2) is 9.79 Å². The number of likely N-dealkylation sites (N-methyl/N-ethyl adjacent to an activating group) is 1. The number of urea groups is 1. The van der Waals surface area contributed by atoms with Crippen molar-refractivity contribution in [2.75, 3.05) is 7.05 Å². The van der Waals surface area contributed by atoms with E-state index in [4.69, 9.17) is 5.73 Å². The lowest BCUT2D eigenvalue weighted by Gasteiger charge is -2.23. The van der Waals surface area contributed by atoms with Crippen LogP contribution in [-0.4, -0.2) is 35.9 Å². The van der Waals surface area contributed by atoms with Crippen LogP contribution in [-0.2, 0) is 16.9 Å². The van der Waals surface area contributed by atoms with Crippen LogP contribution in [0.5, 0.6) is 0 Å². The van der Waals surface area contributed by atoms with Crippen molar-refractivity contribution in [2.45, 2.75) is 57.2 Å². The largest absolute Gasteiger partial charge is 0.369 e. The first-order valence-corrected chi connectivity index (χ1v) is 12.4. The monoisotopic (exact) mass is 559 g/mol. The molecule has 0 aromatic heterocycles. The average molecular weight is 559 g/mol. The van der Waals surface area contributed by atoms with Gasteiger partial charge in [0.15, 0.2) is 11.5 Å². The molecule has 0 saturated heterocycles. The number of nitrogens with one attached hydrogen (secondary N) is 2. The first kappa shape index (κ1) is 23.5. The Morgan fingerprint density at radius 2 is 1.97 bits per heavy atom. The minimum atomic E-state index is -1.05. The fourth-order valence-corrected chi connectivity index (χ4v) is 5.08. The van der Waals surface area contributed by atoms with E-state index in [-0.39, 0.29) is 23.9 Å². The van der Waals surface area contributed by atoms with Crippen molar-refractivity contribution in [3.8, 4) is 11.1 Å². The van der Waals surface area contributed by atoms with Crippen LogP contribution in [0.4, 0.5) is 4.79 Å². The summed E-state index contributed by atoms with van der Waals surface area (Å²) < 4.78 is 1.09. The zero-order chi connectivity index (χ0) is 23.6. The molecule has 1 aliphatic carbocycles. The van der Waals surface area contributed by atoms with Gasteiger partial charge in [-0.15, -0.1) is 0 Å². The fourth-order valence-electron chi connectivity index (χ4n) is 4.59. The number of aliphatic imine (C=N–C) groups is 1. The number of amides is 3. The van der Waals surface area contributed by atoms with Gasteiger partial charge in [-0.1, -0.05) is 43.5 Å². The van der Waals surface area contributed by atoms with Gasteiger partial charge >= 0.3 is 6.03 Å². The Labute approximate surface area is 208 Å². The molecule has 1 saturated carbocycles. The first-order valence-electron chi connectivity index (χ1n) is 11.3. The normalized spacial score (nSPS) is 21.1. The predicted octanol–water partition coefficient (Wildman–Crippen LogP) is 4.09. The zero-order valence-corrected chi connectivity index (χ0v) is 21.2. The minimum Gasteiger partial charge on any atom is -0.369 e. The van der Waals surface area contributed by atoms with Crippen molar-refractivity contribution in [2.24, 2.45) is 10.7 Å². The van der Waals surface area contributed by atoms with Gasteiger partial charge < -0.3 is 16.4 Å². The molecule has 33 heavy (non-hydrogen) atoms. The molecule has 1 aliphatic heterocycles. The molecule has 174 valence electrons. The maximum Gasteiger partial charge on any atom is 0.315 e. The number of rotatable bonds is 5. The second-order valence-electron chi connectivity index (χ2n) is 8.95. The molecule has 1 unspecified atom stereocenters. The first-order chi connectivity index (χ1) is 15.8. The predicted molar refractivity (Wildman–Crippen MR) is 139 cm³/mol. The molecule has 7 nitrogen and oxygen atoms in total. The summed E-state index contributed by atoms with van der Waals surface area (Å²) in [6, 6.07) is 14.1. The lowest BCUT2D eigenvalue weighted by atomic mass is 9.89. The molecule has 2 aromatic rings. The highest BCUT2D eigenvalue weighted by atomic mass is 127. The number of halogens is 1. The average Bonchev–Trinajstić information content (AvgIpc) is 3.02. The van der Waals surface area contributed by atoms with Crippen LogP contribution in [0.15, 0.2) is 47.5 Å². The third kappa shape index (κ3) is 5.00. The summed E-state index contributed by atoms with van der Waals surface area (Å²) in [4.78, 5) is 31.1. The number of benzene rings is 2. The lowest BCUT2D eigenvalue weighted by Crippen LogP contribution is -2.42. The molecule has 8 heteroatoms. The maximum atomic E-state index is 12.8. The lowest BCUT2D eigenvalue weighted by molar-refractivity contribution is -0.130. The van der Waals surface area contributed by atoms with Gasteiger partial charge in [0, 0.05) is 23.2 Å². The van der Waals surface area contributed by atoms with Crippen LogP contribution in [0.3, 0.4) is 0 Å². The summed E-state index contributed by atoms with van der Waals surface area (Å²) in [7, 11) is 1.64. The van der Waals surface area contributed by atoms with E-state index in [1.165, 1.54) is 24.2 Å². The molecule has 1 heterocycles. The van der Waals surface area contributed by atoms with Gasteiger partial charge in [0.2, 0.25) is 0 Å². The quantitative estimate of drug-likeness (QED) is 0.482. The second-order valence-corrected chi connectivity index (χ2v) is 10.2. The Balaban J connectivity index is 1.56. The standard InChI is InChI=1S/C25H30IN5O2/c1-25(22(32)31(2)23(27)30-25)18-8-6-7-16(13-18)21-14-19(26)12-11-17(21)15-28-24(33)29-20-9-4-3-5-10-20/h6-8,11-14,20H,3-5,9-10,15H2,1-2H3,(H2,27,30)(H2,28,29,33). The Morgan fingerprint density at radius 3 is 2.67 bits per heavy atom. The Bertz CT molecular complexity index is 1100. The third-order valence-corrected chi connectivity index (χ3v) is 7.26. The molecular formula is C25H30IN5O2. The van der Waals surface area contributed by atoms with E-state index < -0.39 is 5.54 Å². The Kier molecular flexibility index (Phi) is 6.92. The summed E-state index contributed by atoms with van der Waals surface area (Å²) >= 11 is 2.29. The van der Waals surface area contributed by atoms with Crippen molar-refractivity contribution in [3.05, 3.63) is 57.2 Å². The van der Waals surface area contributed by atoms with E-state index in [1.807, 2.05) is 36.4 Å². The molecule has 1 fully saturated rings. The molecule has 4 rings (SSSR count). The van der Waals surface area contributed by atoms with Crippen LogP contribution < -0.4 is 16.4 Å². The SMILES string of the molecule is CN1C(=O)C(C)(c2cccc(-c3cc(I)ccc3CNC(=O)NC3CCCCC3)c2)N=C1N. The molecule has 4 N–H and O–H groups in total. The summed E-state index contributed by atoms with van der Waals surface area (Å²) in [6.07, 6.45) is 5.71. The molecule has 0 spiro atoms.